The lowest BCUT2D eigenvalue weighted by atomic mass is 9.80. The minimum atomic E-state index is -0.490. The van der Waals surface area contributed by atoms with Gasteiger partial charge in [0.2, 0.25) is 0 Å². The molecule has 0 N–H and O–H groups in total. The molecule has 0 saturated carbocycles. The average Bonchev–Trinajstić information content (AvgIpc) is 2.63. The molecule has 1 saturated heterocycles. The predicted molar refractivity (Wildman–Crippen MR) is 76.4 cm³/mol. The standard InChI is InChI=1S/C14H22N4O/c1-6-12(17(5)7-2)18-13(19)14(3)10-16(4)9-8-11(14)15-18/h6-7,12H,1-2,8-10H2,3-5H3. The molecule has 5 nitrogen and oxygen atoms in total. The summed E-state index contributed by atoms with van der Waals surface area (Å²) in [7, 11) is 3.90. The lowest BCUT2D eigenvalue weighted by Crippen LogP contribution is -2.52. The van der Waals surface area contributed by atoms with E-state index in [1.807, 2.05) is 25.9 Å². The van der Waals surface area contributed by atoms with E-state index in [0.29, 0.717) is 0 Å². The number of likely N-dealkylation sites (N-methyl/N-ethyl adjacent to an activating group) is 1. The van der Waals surface area contributed by atoms with Crippen LogP contribution in [0.1, 0.15) is 13.3 Å². The van der Waals surface area contributed by atoms with Gasteiger partial charge in [-0.2, -0.15) is 5.10 Å². The zero-order chi connectivity index (χ0) is 14.2. The number of nitrogens with zero attached hydrogens (tertiary/aromatic N) is 4. The molecule has 2 heterocycles. The third-order valence-corrected chi connectivity index (χ3v) is 4.03. The van der Waals surface area contributed by atoms with Gasteiger partial charge in [0.05, 0.1) is 5.71 Å². The third kappa shape index (κ3) is 2.08. The van der Waals surface area contributed by atoms with Crippen LogP contribution >= 0.6 is 0 Å². The van der Waals surface area contributed by atoms with Gasteiger partial charge in [-0.25, -0.2) is 5.01 Å². The molecule has 0 radical (unpaired) electrons. The maximum atomic E-state index is 12.7. The number of rotatable bonds is 4. The lowest BCUT2D eigenvalue weighted by Gasteiger charge is -2.35. The van der Waals surface area contributed by atoms with Crippen LogP contribution < -0.4 is 0 Å². The van der Waals surface area contributed by atoms with Crippen LogP contribution in [0.15, 0.2) is 30.5 Å². The molecule has 2 unspecified atom stereocenters. The van der Waals surface area contributed by atoms with E-state index < -0.39 is 5.41 Å². The smallest absolute Gasteiger partial charge is 0.257 e. The van der Waals surface area contributed by atoms with Gasteiger partial charge in [0, 0.05) is 26.6 Å². The largest absolute Gasteiger partial charge is 0.356 e. The highest BCUT2D eigenvalue weighted by molar-refractivity contribution is 6.12. The monoisotopic (exact) mass is 262 g/mol. The van der Waals surface area contributed by atoms with Crippen molar-refractivity contribution in [3.05, 3.63) is 25.4 Å². The minimum absolute atomic E-state index is 0.0488. The number of carbonyl (C=O) groups excluding carboxylic acids is 1. The second kappa shape index (κ2) is 4.81. The van der Waals surface area contributed by atoms with Crippen LogP contribution in [0.5, 0.6) is 0 Å². The first-order valence-electron chi connectivity index (χ1n) is 6.51. The molecule has 19 heavy (non-hydrogen) atoms. The first kappa shape index (κ1) is 13.8. The fraction of sp³-hybridized carbons (Fsp3) is 0.571. The van der Waals surface area contributed by atoms with Gasteiger partial charge in [0.15, 0.2) is 0 Å². The second-order valence-corrected chi connectivity index (χ2v) is 5.51. The molecule has 5 heteroatoms. The van der Waals surface area contributed by atoms with Crippen LogP contribution in [-0.4, -0.2) is 59.8 Å². The Kier molecular flexibility index (Phi) is 3.49. The summed E-state index contributed by atoms with van der Waals surface area (Å²) < 4.78 is 0. The molecule has 0 aromatic rings. The van der Waals surface area contributed by atoms with Crippen molar-refractivity contribution in [3.63, 3.8) is 0 Å². The van der Waals surface area contributed by atoms with Gasteiger partial charge < -0.3 is 9.80 Å². The van der Waals surface area contributed by atoms with Gasteiger partial charge in [-0.15, -0.1) is 0 Å². The number of hydrazone groups is 1. The SMILES string of the molecule is C=CC(N(C)C=C)N1N=C2CCN(C)CC2(C)C1=O. The summed E-state index contributed by atoms with van der Waals surface area (Å²) in [5.41, 5.74) is 0.496. The Morgan fingerprint density at radius 2 is 2.21 bits per heavy atom. The molecule has 0 aromatic heterocycles. The Balaban J connectivity index is 2.31. The molecule has 0 bridgehead atoms. The van der Waals surface area contributed by atoms with E-state index >= 15 is 0 Å². The summed E-state index contributed by atoms with van der Waals surface area (Å²) in [6.07, 6.45) is 3.96. The van der Waals surface area contributed by atoms with Gasteiger partial charge in [0.25, 0.3) is 5.91 Å². The fourth-order valence-electron chi connectivity index (χ4n) is 2.79. The predicted octanol–water partition coefficient (Wildman–Crippen LogP) is 1.11. The topological polar surface area (TPSA) is 39.1 Å². The highest BCUT2D eigenvalue weighted by Gasteiger charge is 2.51. The minimum Gasteiger partial charge on any atom is -0.356 e. The molecule has 1 fully saturated rings. The van der Waals surface area contributed by atoms with Gasteiger partial charge in [-0.3, -0.25) is 4.79 Å². The van der Waals surface area contributed by atoms with Gasteiger partial charge in [-0.05, 0) is 26.2 Å². The summed E-state index contributed by atoms with van der Waals surface area (Å²) in [5.74, 6) is 0.0488. The van der Waals surface area contributed by atoms with Crippen LogP contribution in [0.3, 0.4) is 0 Å². The summed E-state index contributed by atoms with van der Waals surface area (Å²) in [6.45, 7) is 11.2. The fourth-order valence-corrected chi connectivity index (χ4v) is 2.79. The van der Waals surface area contributed by atoms with E-state index in [1.165, 1.54) is 0 Å². The second-order valence-electron chi connectivity index (χ2n) is 5.51. The van der Waals surface area contributed by atoms with Crippen LogP contribution in [0.2, 0.25) is 0 Å². The van der Waals surface area contributed by atoms with Crippen molar-refractivity contribution in [2.75, 3.05) is 27.2 Å². The molecule has 2 rings (SSSR count). The number of piperidine rings is 1. The zero-order valence-electron chi connectivity index (χ0n) is 12.0. The summed E-state index contributed by atoms with van der Waals surface area (Å²) in [6, 6.07) is 0. The first-order valence-corrected chi connectivity index (χ1v) is 6.51. The lowest BCUT2D eigenvalue weighted by molar-refractivity contribution is -0.140. The Bertz CT molecular complexity index is 445. The highest BCUT2D eigenvalue weighted by atomic mass is 16.2. The summed E-state index contributed by atoms with van der Waals surface area (Å²) in [5, 5.41) is 6.10. The molecule has 2 aliphatic heterocycles. The number of carbonyl (C=O) groups is 1. The molecule has 0 aliphatic carbocycles. The van der Waals surface area contributed by atoms with Crippen molar-refractivity contribution >= 4 is 11.6 Å². The Labute approximate surface area is 114 Å². The van der Waals surface area contributed by atoms with Crippen LogP contribution in [0.4, 0.5) is 0 Å². The summed E-state index contributed by atoms with van der Waals surface area (Å²) >= 11 is 0. The van der Waals surface area contributed by atoms with E-state index in [9.17, 15) is 4.79 Å². The molecule has 2 atom stereocenters. The van der Waals surface area contributed by atoms with Gasteiger partial charge >= 0.3 is 0 Å². The zero-order valence-corrected chi connectivity index (χ0v) is 12.0. The number of hydrogen-bond acceptors (Lipinski definition) is 4. The average molecular weight is 262 g/mol. The van der Waals surface area contributed by atoms with Crippen molar-refractivity contribution in [1.29, 1.82) is 0 Å². The van der Waals surface area contributed by atoms with Gasteiger partial charge in [-0.1, -0.05) is 13.2 Å². The molecule has 104 valence electrons. The Morgan fingerprint density at radius 1 is 1.53 bits per heavy atom. The van der Waals surface area contributed by atoms with Crippen molar-refractivity contribution in [1.82, 2.24) is 14.8 Å². The highest BCUT2D eigenvalue weighted by Crippen LogP contribution is 2.35. The molecule has 2 aliphatic rings. The normalized spacial score (nSPS) is 28.7. The Hall–Kier alpha value is -1.62. The van der Waals surface area contributed by atoms with Gasteiger partial charge in [0.1, 0.15) is 11.6 Å². The summed E-state index contributed by atoms with van der Waals surface area (Å²) in [4.78, 5) is 16.7. The van der Waals surface area contributed by atoms with Crippen LogP contribution in [0.25, 0.3) is 0 Å². The van der Waals surface area contributed by atoms with E-state index in [4.69, 9.17) is 0 Å². The molecular weight excluding hydrogens is 240 g/mol. The number of hydrogen-bond donors (Lipinski definition) is 0. The van der Waals surface area contributed by atoms with Crippen molar-refractivity contribution < 1.29 is 4.79 Å². The molecular formula is C14H22N4O. The van der Waals surface area contributed by atoms with E-state index in [1.54, 1.807) is 17.3 Å². The quantitative estimate of drug-likeness (QED) is 0.713. The maximum Gasteiger partial charge on any atom is 0.257 e. The molecule has 1 amide bonds. The Morgan fingerprint density at radius 3 is 2.79 bits per heavy atom. The van der Waals surface area contributed by atoms with Crippen molar-refractivity contribution in [2.45, 2.75) is 19.5 Å². The molecule has 0 spiro atoms. The number of fused-ring (bicyclic) bond motifs is 1. The number of amides is 1. The van der Waals surface area contributed by atoms with Crippen molar-refractivity contribution in [3.8, 4) is 0 Å². The van der Waals surface area contributed by atoms with Crippen LogP contribution in [-0.2, 0) is 4.79 Å². The molecule has 0 aromatic carbocycles. The van der Waals surface area contributed by atoms with Crippen molar-refractivity contribution in [2.24, 2.45) is 10.5 Å². The van der Waals surface area contributed by atoms with Crippen LogP contribution in [0, 0.1) is 5.41 Å². The first-order chi connectivity index (χ1) is 8.93. The van der Waals surface area contributed by atoms with E-state index in [0.717, 1.165) is 25.2 Å². The third-order valence-electron chi connectivity index (χ3n) is 4.03. The number of likely N-dealkylation sites (tertiary alicyclic amines) is 1. The van der Waals surface area contributed by atoms with E-state index in [-0.39, 0.29) is 12.1 Å². The maximum absolute atomic E-state index is 12.7. The van der Waals surface area contributed by atoms with E-state index in [2.05, 4.69) is 23.2 Å².